The molecule has 166 valence electrons. The highest BCUT2D eigenvalue weighted by Gasteiger charge is 2.54. The Morgan fingerprint density at radius 2 is 1.76 bits per heavy atom. The van der Waals surface area contributed by atoms with Crippen molar-refractivity contribution < 1.29 is 5.11 Å². The lowest BCUT2D eigenvalue weighted by Gasteiger charge is -2.55. The van der Waals surface area contributed by atoms with Gasteiger partial charge in [0.2, 0.25) is 0 Å². The van der Waals surface area contributed by atoms with Crippen LogP contribution in [0.1, 0.15) is 105 Å². The van der Waals surface area contributed by atoms with Crippen LogP contribution in [0.4, 0.5) is 0 Å². The fourth-order valence-electron chi connectivity index (χ4n) is 8.75. The van der Waals surface area contributed by atoms with Crippen molar-refractivity contribution >= 4 is 0 Å². The molecule has 0 saturated heterocycles. The summed E-state index contributed by atoms with van der Waals surface area (Å²) in [5, 5.41) is 10.2. The number of rotatable bonds is 6. The van der Waals surface area contributed by atoms with Crippen molar-refractivity contribution in [3.05, 3.63) is 11.6 Å². The van der Waals surface area contributed by atoms with Crippen LogP contribution in [-0.4, -0.2) is 11.2 Å². The molecule has 4 aliphatic rings. The highest BCUT2D eigenvalue weighted by atomic mass is 16.3. The summed E-state index contributed by atoms with van der Waals surface area (Å²) in [5.74, 6) is 7.53. The maximum atomic E-state index is 10.2. The molecule has 3 saturated carbocycles. The first-order valence-corrected chi connectivity index (χ1v) is 13.2. The van der Waals surface area contributed by atoms with Crippen molar-refractivity contribution in [1.29, 1.82) is 0 Å². The van der Waals surface area contributed by atoms with Gasteiger partial charge in [-0.05, 0) is 111 Å². The summed E-state index contributed by atoms with van der Waals surface area (Å²) >= 11 is 0. The molecule has 4 rings (SSSR count). The van der Waals surface area contributed by atoms with Crippen LogP contribution in [0.25, 0.3) is 0 Å². The van der Waals surface area contributed by atoms with Crippen molar-refractivity contribution in [1.82, 2.24) is 0 Å². The Balaban J connectivity index is 1.42. The standard InChI is InChI=1S/C28H48O/c1-6-20(18(2)3)8-7-19(4)23-11-12-25-24(23)13-14-27-26(25)10-9-21-17-22(29)15-16-28(21,27)5/h9,18-20,22-27,29H,6-8,10-17H2,1-5H3/t19-,20-,22+,23-,24-,25-,26+,27+,28+/m1/s1. The smallest absolute Gasteiger partial charge is 0.0577 e. The van der Waals surface area contributed by atoms with E-state index in [0.717, 1.165) is 60.2 Å². The molecule has 4 aliphatic carbocycles. The lowest BCUT2D eigenvalue weighted by molar-refractivity contribution is -0.0153. The maximum absolute atomic E-state index is 10.2. The molecule has 1 heteroatoms. The van der Waals surface area contributed by atoms with E-state index in [9.17, 15) is 5.11 Å². The number of aliphatic hydroxyl groups excluding tert-OH is 1. The van der Waals surface area contributed by atoms with E-state index in [2.05, 4.69) is 40.7 Å². The highest BCUT2D eigenvalue weighted by Crippen LogP contribution is 2.63. The van der Waals surface area contributed by atoms with E-state index in [-0.39, 0.29) is 6.10 Å². The summed E-state index contributed by atoms with van der Waals surface area (Å²) in [6.45, 7) is 12.4. The Morgan fingerprint density at radius 1 is 1.00 bits per heavy atom. The quantitative estimate of drug-likeness (QED) is 0.454. The zero-order valence-corrected chi connectivity index (χ0v) is 20.0. The molecule has 0 aliphatic heterocycles. The van der Waals surface area contributed by atoms with Gasteiger partial charge in [-0.25, -0.2) is 0 Å². The summed E-state index contributed by atoms with van der Waals surface area (Å²) in [4.78, 5) is 0. The van der Waals surface area contributed by atoms with Crippen LogP contribution in [0.3, 0.4) is 0 Å². The molecular weight excluding hydrogens is 352 g/mol. The number of hydrogen-bond donors (Lipinski definition) is 1. The minimum Gasteiger partial charge on any atom is -0.393 e. The zero-order chi connectivity index (χ0) is 20.8. The fourth-order valence-corrected chi connectivity index (χ4v) is 8.75. The number of hydrogen-bond acceptors (Lipinski definition) is 1. The molecule has 29 heavy (non-hydrogen) atoms. The Bertz CT molecular complexity index is 591. The molecule has 1 N–H and O–H groups in total. The second-order valence-corrected chi connectivity index (χ2v) is 12.2. The normalized spacial score (nSPS) is 43.9. The lowest BCUT2D eigenvalue weighted by Crippen LogP contribution is -2.47. The van der Waals surface area contributed by atoms with Gasteiger partial charge in [-0.2, -0.15) is 0 Å². The molecular formula is C28H48O. The highest BCUT2D eigenvalue weighted by molar-refractivity contribution is 5.24. The molecule has 0 unspecified atom stereocenters. The minimum atomic E-state index is -0.0725. The van der Waals surface area contributed by atoms with E-state index >= 15 is 0 Å². The van der Waals surface area contributed by atoms with E-state index in [0.29, 0.717) is 5.41 Å². The van der Waals surface area contributed by atoms with Gasteiger partial charge in [-0.3, -0.25) is 0 Å². The van der Waals surface area contributed by atoms with E-state index in [4.69, 9.17) is 0 Å². The van der Waals surface area contributed by atoms with Crippen LogP contribution < -0.4 is 0 Å². The van der Waals surface area contributed by atoms with Gasteiger partial charge in [0.1, 0.15) is 0 Å². The van der Waals surface area contributed by atoms with E-state index in [1.54, 1.807) is 5.57 Å². The van der Waals surface area contributed by atoms with Crippen molar-refractivity contribution in [2.24, 2.45) is 52.8 Å². The van der Waals surface area contributed by atoms with Crippen molar-refractivity contribution in [2.75, 3.05) is 0 Å². The van der Waals surface area contributed by atoms with Crippen LogP contribution in [0.2, 0.25) is 0 Å². The van der Waals surface area contributed by atoms with Crippen molar-refractivity contribution in [3.63, 3.8) is 0 Å². The topological polar surface area (TPSA) is 20.2 Å². The van der Waals surface area contributed by atoms with Crippen LogP contribution in [0.15, 0.2) is 11.6 Å². The molecule has 0 aromatic rings. The second-order valence-electron chi connectivity index (χ2n) is 12.2. The van der Waals surface area contributed by atoms with Crippen LogP contribution in [-0.2, 0) is 0 Å². The van der Waals surface area contributed by atoms with Gasteiger partial charge in [0, 0.05) is 0 Å². The molecule has 9 atom stereocenters. The lowest BCUT2D eigenvalue weighted by atomic mass is 9.50. The predicted molar refractivity (Wildman–Crippen MR) is 124 cm³/mol. The van der Waals surface area contributed by atoms with Gasteiger partial charge in [0.15, 0.2) is 0 Å². The molecule has 0 amide bonds. The molecule has 0 heterocycles. The van der Waals surface area contributed by atoms with Gasteiger partial charge < -0.3 is 5.11 Å². The van der Waals surface area contributed by atoms with Gasteiger partial charge in [-0.15, -0.1) is 0 Å². The number of allylic oxidation sites excluding steroid dienone is 1. The first kappa shape index (κ1) is 21.9. The molecule has 1 nitrogen and oxygen atoms in total. The maximum Gasteiger partial charge on any atom is 0.0577 e. The third-order valence-corrected chi connectivity index (χ3v) is 10.6. The molecule has 0 spiro atoms. The average Bonchev–Trinajstić information content (AvgIpc) is 3.13. The molecule has 0 aromatic carbocycles. The van der Waals surface area contributed by atoms with Crippen LogP contribution >= 0.6 is 0 Å². The van der Waals surface area contributed by atoms with Crippen molar-refractivity contribution in [3.8, 4) is 0 Å². The SMILES string of the molecule is CC[C@H](CC[C@@H](C)[C@H]1CC[C@@H]2[C@@H]1CC[C@H]1[C@H]2CC=C2C[C@@H](O)CC[C@@]21C)C(C)C. The summed E-state index contributed by atoms with van der Waals surface area (Å²) in [7, 11) is 0. The van der Waals surface area contributed by atoms with Gasteiger partial charge in [0.25, 0.3) is 0 Å². The second kappa shape index (κ2) is 8.68. The Kier molecular flexibility index (Phi) is 6.56. The molecule has 3 fully saturated rings. The summed E-state index contributed by atoms with van der Waals surface area (Å²) in [6, 6.07) is 0. The van der Waals surface area contributed by atoms with E-state index < -0.39 is 0 Å². The Labute approximate surface area is 181 Å². The third kappa shape index (κ3) is 3.99. The first-order chi connectivity index (χ1) is 13.8. The molecule has 0 aromatic heterocycles. The third-order valence-electron chi connectivity index (χ3n) is 10.6. The van der Waals surface area contributed by atoms with Gasteiger partial charge in [0.05, 0.1) is 6.10 Å². The minimum absolute atomic E-state index is 0.0725. The summed E-state index contributed by atoms with van der Waals surface area (Å²) in [5.41, 5.74) is 2.03. The van der Waals surface area contributed by atoms with Crippen LogP contribution in [0, 0.1) is 52.8 Å². The predicted octanol–water partition coefficient (Wildman–Crippen LogP) is 7.63. The van der Waals surface area contributed by atoms with E-state index in [1.807, 2.05) is 0 Å². The average molecular weight is 401 g/mol. The monoisotopic (exact) mass is 400 g/mol. The van der Waals surface area contributed by atoms with Crippen LogP contribution in [0.5, 0.6) is 0 Å². The Hall–Kier alpha value is -0.300. The number of fused-ring (bicyclic) bond motifs is 5. The summed E-state index contributed by atoms with van der Waals surface area (Å²) < 4.78 is 0. The first-order valence-electron chi connectivity index (χ1n) is 13.2. The Morgan fingerprint density at radius 3 is 2.48 bits per heavy atom. The zero-order valence-electron chi connectivity index (χ0n) is 20.0. The number of aliphatic hydroxyl groups is 1. The fraction of sp³-hybridized carbons (Fsp3) is 0.929. The molecule has 0 radical (unpaired) electrons. The van der Waals surface area contributed by atoms with Gasteiger partial charge in [-0.1, -0.05) is 59.1 Å². The van der Waals surface area contributed by atoms with Crippen molar-refractivity contribution in [2.45, 2.75) is 111 Å². The van der Waals surface area contributed by atoms with E-state index in [1.165, 1.54) is 57.8 Å². The van der Waals surface area contributed by atoms with Gasteiger partial charge >= 0.3 is 0 Å². The molecule has 0 bridgehead atoms. The largest absolute Gasteiger partial charge is 0.393 e. The summed E-state index contributed by atoms with van der Waals surface area (Å²) in [6.07, 6.45) is 17.3.